The van der Waals surface area contributed by atoms with Gasteiger partial charge >= 0.3 is 0 Å². The summed E-state index contributed by atoms with van der Waals surface area (Å²) in [6.45, 7) is -0.00267. The number of nitrogens with zero attached hydrogens (tertiary/aromatic N) is 3. The first-order valence-corrected chi connectivity index (χ1v) is 6.99. The van der Waals surface area contributed by atoms with Gasteiger partial charge in [-0.15, -0.1) is 0 Å². The van der Waals surface area contributed by atoms with Crippen LogP contribution in [0.4, 0.5) is 5.82 Å². The SMILES string of the molecule is OCC(Nc1ccn2ncc(Br)c2n1)c1ccccc1. The highest BCUT2D eigenvalue weighted by Gasteiger charge is 2.11. The number of halogens is 1. The summed E-state index contributed by atoms with van der Waals surface area (Å²) in [4.78, 5) is 4.48. The lowest BCUT2D eigenvalue weighted by Crippen LogP contribution is -2.15. The summed E-state index contributed by atoms with van der Waals surface area (Å²) >= 11 is 3.41. The van der Waals surface area contributed by atoms with E-state index in [4.69, 9.17) is 0 Å². The van der Waals surface area contributed by atoms with E-state index in [9.17, 15) is 5.11 Å². The van der Waals surface area contributed by atoms with E-state index in [0.717, 1.165) is 15.7 Å². The van der Waals surface area contributed by atoms with Crippen molar-refractivity contribution in [1.29, 1.82) is 0 Å². The van der Waals surface area contributed by atoms with E-state index in [0.29, 0.717) is 5.82 Å². The third-order valence-corrected chi connectivity index (χ3v) is 3.59. The number of anilines is 1. The van der Waals surface area contributed by atoms with E-state index in [2.05, 4.69) is 31.3 Å². The number of aliphatic hydroxyl groups is 1. The molecule has 1 unspecified atom stereocenters. The van der Waals surface area contributed by atoms with Gasteiger partial charge in [0.1, 0.15) is 5.82 Å². The smallest absolute Gasteiger partial charge is 0.171 e. The third-order valence-electron chi connectivity index (χ3n) is 3.03. The van der Waals surface area contributed by atoms with Crippen molar-refractivity contribution in [3.05, 3.63) is 58.8 Å². The van der Waals surface area contributed by atoms with E-state index in [1.807, 2.05) is 42.6 Å². The average Bonchev–Trinajstić information content (AvgIpc) is 2.87. The highest BCUT2D eigenvalue weighted by Crippen LogP contribution is 2.20. The molecule has 102 valence electrons. The molecule has 0 saturated heterocycles. The predicted molar refractivity (Wildman–Crippen MR) is 80.6 cm³/mol. The number of benzene rings is 1. The quantitative estimate of drug-likeness (QED) is 0.771. The predicted octanol–water partition coefficient (Wildman–Crippen LogP) is 2.64. The molecule has 2 N–H and O–H groups in total. The van der Waals surface area contributed by atoms with Crippen molar-refractivity contribution in [1.82, 2.24) is 14.6 Å². The van der Waals surface area contributed by atoms with Crippen LogP contribution in [0.2, 0.25) is 0 Å². The Morgan fingerprint density at radius 3 is 2.80 bits per heavy atom. The van der Waals surface area contributed by atoms with Crippen LogP contribution < -0.4 is 5.32 Å². The van der Waals surface area contributed by atoms with Crippen molar-refractivity contribution in [2.45, 2.75) is 6.04 Å². The van der Waals surface area contributed by atoms with Crippen molar-refractivity contribution in [2.24, 2.45) is 0 Å². The molecule has 0 radical (unpaired) electrons. The fourth-order valence-corrected chi connectivity index (χ4v) is 2.38. The maximum Gasteiger partial charge on any atom is 0.171 e. The van der Waals surface area contributed by atoms with Crippen LogP contribution in [0, 0.1) is 0 Å². The largest absolute Gasteiger partial charge is 0.394 e. The molecule has 1 aromatic carbocycles. The topological polar surface area (TPSA) is 62.5 Å². The van der Waals surface area contributed by atoms with Crippen molar-refractivity contribution in [3.63, 3.8) is 0 Å². The highest BCUT2D eigenvalue weighted by atomic mass is 79.9. The van der Waals surface area contributed by atoms with Crippen LogP contribution in [0.5, 0.6) is 0 Å². The standard InChI is InChI=1S/C14H13BrN4O/c15-11-8-16-19-7-6-13(18-14(11)19)17-12(9-20)10-4-2-1-3-5-10/h1-8,12,20H,9H2,(H,17,18). The van der Waals surface area contributed by atoms with Crippen LogP contribution in [0.3, 0.4) is 0 Å². The van der Waals surface area contributed by atoms with Crippen LogP contribution in [0.15, 0.2) is 53.3 Å². The van der Waals surface area contributed by atoms with E-state index in [1.165, 1.54) is 0 Å². The minimum absolute atomic E-state index is 0.00267. The fourth-order valence-electron chi connectivity index (χ4n) is 2.02. The Balaban J connectivity index is 1.89. The molecule has 6 heteroatoms. The molecule has 2 heterocycles. The summed E-state index contributed by atoms with van der Waals surface area (Å²) in [6.07, 6.45) is 3.53. The molecule has 5 nitrogen and oxygen atoms in total. The molecule has 3 rings (SSSR count). The summed E-state index contributed by atoms with van der Waals surface area (Å²) < 4.78 is 2.52. The second-order valence-corrected chi connectivity index (χ2v) is 5.22. The number of hydrogen-bond acceptors (Lipinski definition) is 4. The van der Waals surface area contributed by atoms with Crippen LogP contribution in [-0.2, 0) is 0 Å². The van der Waals surface area contributed by atoms with Gasteiger partial charge in [-0.2, -0.15) is 5.10 Å². The van der Waals surface area contributed by atoms with Gasteiger partial charge in [0.05, 0.1) is 23.3 Å². The molecule has 0 aliphatic rings. The maximum atomic E-state index is 9.55. The summed E-state index contributed by atoms with van der Waals surface area (Å²) in [5.74, 6) is 0.696. The maximum absolute atomic E-state index is 9.55. The van der Waals surface area contributed by atoms with Crippen molar-refractivity contribution >= 4 is 27.4 Å². The second-order valence-electron chi connectivity index (χ2n) is 4.36. The molecule has 0 fully saturated rings. The Labute approximate surface area is 124 Å². The third kappa shape index (κ3) is 2.52. The summed E-state index contributed by atoms with van der Waals surface area (Å²) in [6, 6.07) is 11.4. The summed E-state index contributed by atoms with van der Waals surface area (Å²) in [7, 11) is 0. The first-order valence-electron chi connectivity index (χ1n) is 6.20. The molecule has 3 aromatic rings. The van der Waals surface area contributed by atoms with Gasteiger partial charge in [-0.3, -0.25) is 0 Å². The fraction of sp³-hybridized carbons (Fsp3) is 0.143. The minimum atomic E-state index is -0.187. The highest BCUT2D eigenvalue weighted by molar-refractivity contribution is 9.10. The van der Waals surface area contributed by atoms with Gasteiger partial charge in [0.25, 0.3) is 0 Å². The van der Waals surface area contributed by atoms with Crippen molar-refractivity contribution in [3.8, 4) is 0 Å². The van der Waals surface area contributed by atoms with E-state index < -0.39 is 0 Å². The lowest BCUT2D eigenvalue weighted by molar-refractivity contribution is 0.276. The summed E-state index contributed by atoms with van der Waals surface area (Å²) in [5.41, 5.74) is 1.75. The molecule has 0 saturated carbocycles. The molecule has 20 heavy (non-hydrogen) atoms. The Morgan fingerprint density at radius 1 is 1.25 bits per heavy atom. The average molecular weight is 333 g/mol. The van der Waals surface area contributed by atoms with E-state index in [1.54, 1.807) is 10.7 Å². The van der Waals surface area contributed by atoms with E-state index in [-0.39, 0.29) is 12.6 Å². The number of fused-ring (bicyclic) bond motifs is 1. The lowest BCUT2D eigenvalue weighted by atomic mass is 10.1. The second kappa shape index (κ2) is 5.60. The van der Waals surface area contributed by atoms with Gasteiger partial charge in [0, 0.05) is 6.20 Å². The number of nitrogens with one attached hydrogen (secondary N) is 1. The Hall–Kier alpha value is -1.92. The molecule has 0 aliphatic heterocycles. The normalized spacial score (nSPS) is 12.5. The molecule has 0 amide bonds. The van der Waals surface area contributed by atoms with Gasteiger partial charge in [0.2, 0.25) is 0 Å². The Bertz CT molecular complexity index is 714. The van der Waals surface area contributed by atoms with Crippen LogP contribution in [0.1, 0.15) is 11.6 Å². The van der Waals surface area contributed by atoms with E-state index >= 15 is 0 Å². The van der Waals surface area contributed by atoms with Crippen molar-refractivity contribution in [2.75, 3.05) is 11.9 Å². The van der Waals surface area contributed by atoms with Crippen molar-refractivity contribution < 1.29 is 5.11 Å². The van der Waals surface area contributed by atoms with Gasteiger partial charge in [-0.1, -0.05) is 30.3 Å². The number of aromatic nitrogens is 3. The number of aliphatic hydroxyl groups excluding tert-OH is 1. The van der Waals surface area contributed by atoms with Gasteiger partial charge in [0.15, 0.2) is 5.65 Å². The van der Waals surface area contributed by atoms with Crippen LogP contribution >= 0.6 is 15.9 Å². The first kappa shape index (κ1) is 13.1. The zero-order valence-electron chi connectivity index (χ0n) is 10.6. The monoisotopic (exact) mass is 332 g/mol. The molecule has 0 bridgehead atoms. The van der Waals surface area contributed by atoms with Crippen LogP contribution in [-0.4, -0.2) is 26.3 Å². The molecule has 0 spiro atoms. The van der Waals surface area contributed by atoms with Gasteiger partial charge in [-0.05, 0) is 27.6 Å². The van der Waals surface area contributed by atoms with Gasteiger partial charge in [-0.25, -0.2) is 9.50 Å². The van der Waals surface area contributed by atoms with Gasteiger partial charge < -0.3 is 10.4 Å². The molecular formula is C14H13BrN4O. The Kier molecular flexibility index (Phi) is 3.66. The van der Waals surface area contributed by atoms with Crippen LogP contribution in [0.25, 0.3) is 5.65 Å². The molecule has 1 atom stereocenters. The Morgan fingerprint density at radius 2 is 2.05 bits per heavy atom. The lowest BCUT2D eigenvalue weighted by Gasteiger charge is -2.17. The summed E-state index contributed by atoms with van der Waals surface area (Å²) in [5, 5.41) is 16.9. The zero-order chi connectivity index (χ0) is 13.9. The first-order chi connectivity index (χ1) is 9.78. The number of hydrogen-bond donors (Lipinski definition) is 2. The molecule has 2 aromatic heterocycles. The zero-order valence-corrected chi connectivity index (χ0v) is 12.2. The minimum Gasteiger partial charge on any atom is -0.394 e. The molecular weight excluding hydrogens is 320 g/mol. The molecule has 0 aliphatic carbocycles. The number of rotatable bonds is 4.